The summed E-state index contributed by atoms with van der Waals surface area (Å²) in [6.45, 7) is 0. The lowest BCUT2D eigenvalue weighted by Gasteiger charge is -2.10. The Morgan fingerprint density at radius 3 is 2.50 bits per heavy atom. The van der Waals surface area contributed by atoms with Gasteiger partial charge in [0.1, 0.15) is 12.3 Å². The molecule has 100 valence electrons. The minimum Gasteiger partial charge on any atom is -0.320 e. The van der Waals surface area contributed by atoms with Crippen LogP contribution in [0.2, 0.25) is 0 Å². The number of carbonyl (C=O) groups excluding carboxylic acids is 1. The van der Waals surface area contributed by atoms with Gasteiger partial charge in [0.25, 0.3) is 0 Å². The van der Waals surface area contributed by atoms with E-state index in [1.807, 2.05) is 36.4 Å². The van der Waals surface area contributed by atoms with Crippen molar-refractivity contribution in [2.45, 2.75) is 15.8 Å². The van der Waals surface area contributed by atoms with E-state index >= 15 is 0 Å². The Morgan fingerprint density at radius 2 is 1.75 bits per heavy atom. The van der Waals surface area contributed by atoms with Crippen LogP contribution in [0.15, 0.2) is 70.5 Å². The number of hydrogen-bond acceptors (Lipinski definition) is 4. The topological polar surface area (TPSA) is 41.1 Å². The maximum Gasteiger partial charge on any atom is 0.142 e. The summed E-state index contributed by atoms with van der Waals surface area (Å²) in [6.07, 6.45) is 2.78. The van der Waals surface area contributed by atoms with Crippen LogP contribution in [0.4, 0.5) is 0 Å². The van der Waals surface area contributed by atoms with E-state index in [0.717, 1.165) is 22.4 Å². The maximum atomic E-state index is 10.8. The lowest BCUT2D eigenvalue weighted by molar-refractivity contribution is -0.108. The Morgan fingerprint density at radius 1 is 1.00 bits per heavy atom. The van der Waals surface area contributed by atoms with Crippen molar-refractivity contribution in [3.63, 3.8) is 0 Å². The predicted octanol–water partition coefficient (Wildman–Crippen LogP) is 2.85. The standard InChI is InChI=1S/C16H14N2OS/c19-11-12-10-15(18-17-12)14-8-4-5-9-16(14)20-13-6-2-1-3-7-13/h1-12,17-18H. The third kappa shape index (κ3) is 2.76. The van der Waals surface area contributed by atoms with Crippen molar-refractivity contribution in [2.75, 3.05) is 0 Å². The molecule has 0 saturated heterocycles. The fraction of sp³-hybridized carbons (Fsp3) is 0.0625. The molecule has 0 spiro atoms. The Hall–Kier alpha value is -2.04. The molecule has 0 saturated carbocycles. The summed E-state index contributed by atoms with van der Waals surface area (Å²) in [5, 5.41) is 0. The van der Waals surface area contributed by atoms with Crippen LogP contribution < -0.4 is 10.9 Å². The summed E-state index contributed by atoms with van der Waals surface area (Å²) in [6, 6.07) is 18.1. The lowest BCUT2D eigenvalue weighted by Crippen LogP contribution is -2.32. The second kappa shape index (κ2) is 5.94. The van der Waals surface area contributed by atoms with Crippen molar-refractivity contribution >= 4 is 23.7 Å². The first-order chi connectivity index (χ1) is 9.86. The van der Waals surface area contributed by atoms with Crippen LogP contribution in [0.3, 0.4) is 0 Å². The van der Waals surface area contributed by atoms with Crippen molar-refractivity contribution in [1.82, 2.24) is 10.9 Å². The summed E-state index contributed by atoms with van der Waals surface area (Å²) in [5.74, 6) is 0. The smallest absolute Gasteiger partial charge is 0.142 e. The van der Waals surface area contributed by atoms with Gasteiger partial charge in [0.15, 0.2) is 0 Å². The SMILES string of the molecule is O=CC1C=C(c2ccccc2Sc2ccccc2)NN1. The fourth-order valence-corrected chi connectivity index (χ4v) is 3.03. The zero-order valence-corrected chi connectivity index (χ0v) is 11.6. The molecule has 1 aliphatic heterocycles. The molecule has 3 nitrogen and oxygen atoms in total. The van der Waals surface area contributed by atoms with Crippen LogP contribution in [0.1, 0.15) is 5.56 Å². The molecular formula is C16H14N2OS. The number of hydrogen-bond donors (Lipinski definition) is 2. The molecule has 0 fully saturated rings. The quantitative estimate of drug-likeness (QED) is 0.846. The fourth-order valence-electron chi connectivity index (χ4n) is 2.05. The van der Waals surface area contributed by atoms with Gasteiger partial charge in [-0.3, -0.25) is 0 Å². The first-order valence-corrected chi connectivity index (χ1v) is 7.19. The van der Waals surface area contributed by atoms with Gasteiger partial charge in [0.2, 0.25) is 0 Å². The molecule has 0 aromatic heterocycles. The number of benzene rings is 2. The second-order valence-electron chi connectivity index (χ2n) is 4.42. The third-order valence-corrected chi connectivity index (χ3v) is 4.10. The highest BCUT2D eigenvalue weighted by Gasteiger charge is 2.17. The van der Waals surface area contributed by atoms with Crippen LogP contribution in [-0.4, -0.2) is 12.3 Å². The molecule has 0 bridgehead atoms. The molecule has 0 aliphatic carbocycles. The van der Waals surface area contributed by atoms with E-state index in [1.165, 1.54) is 4.90 Å². The molecule has 2 N–H and O–H groups in total. The van der Waals surface area contributed by atoms with Crippen LogP contribution in [-0.2, 0) is 4.79 Å². The van der Waals surface area contributed by atoms with Gasteiger partial charge in [-0.15, -0.1) is 0 Å². The third-order valence-electron chi connectivity index (χ3n) is 3.01. The highest BCUT2D eigenvalue weighted by Crippen LogP contribution is 2.33. The van der Waals surface area contributed by atoms with Crippen LogP contribution in [0.25, 0.3) is 5.70 Å². The van der Waals surface area contributed by atoms with E-state index in [4.69, 9.17) is 0 Å². The molecule has 2 aromatic rings. The summed E-state index contributed by atoms with van der Waals surface area (Å²) in [7, 11) is 0. The van der Waals surface area contributed by atoms with Gasteiger partial charge < -0.3 is 10.2 Å². The van der Waals surface area contributed by atoms with Gasteiger partial charge in [-0.1, -0.05) is 48.2 Å². The molecule has 0 amide bonds. The van der Waals surface area contributed by atoms with E-state index < -0.39 is 0 Å². The minimum atomic E-state index is -0.264. The summed E-state index contributed by atoms with van der Waals surface area (Å²) >= 11 is 1.71. The van der Waals surface area contributed by atoms with Gasteiger partial charge in [0.05, 0.1) is 5.70 Å². The molecule has 20 heavy (non-hydrogen) atoms. The summed E-state index contributed by atoms with van der Waals surface area (Å²) in [4.78, 5) is 13.2. The number of hydrazine groups is 1. The Kier molecular flexibility index (Phi) is 3.85. The average molecular weight is 282 g/mol. The molecule has 1 aliphatic rings. The molecule has 0 radical (unpaired) electrons. The van der Waals surface area contributed by atoms with Gasteiger partial charge in [-0.2, -0.15) is 0 Å². The van der Waals surface area contributed by atoms with Gasteiger partial charge in [-0.05, 0) is 24.3 Å². The highest BCUT2D eigenvalue weighted by atomic mass is 32.2. The second-order valence-corrected chi connectivity index (χ2v) is 5.54. The van der Waals surface area contributed by atoms with Crippen molar-refractivity contribution in [3.8, 4) is 0 Å². The monoisotopic (exact) mass is 282 g/mol. The number of nitrogens with one attached hydrogen (secondary N) is 2. The van der Waals surface area contributed by atoms with E-state index in [-0.39, 0.29) is 6.04 Å². The van der Waals surface area contributed by atoms with E-state index in [2.05, 4.69) is 35.1 Å². The molecule has 4 heteroatoms. The number of carbonyl (C=O) groups is 1. The Balaban J connectivity index is 1.91. The largest absolute Gasteiger partial charge is 0.320 e. The van der Waals surface area contributed by atoms with Crippen LogP contribution in [0.5, 0.6) is 0 Å². The first kappa shape index (κ1) is 13.0. The highest BCUT2D eigenvalue weighted by molar-refractivity contribution is 7.99. The lowest BCUT2D eigenvalue weighted by atomic mass is 10.1. The molecule has 1 atom stereocenters. The van der Waals surface area contributed by atoms with Gasteiger partial charge in [0, 0.05) is 15.4 Å². The van der Waals surface area contributed by atoms with Gasteiger partial charge >= 0.3 is 0 Å². The molecule has 2 aromatic carbocycles. The zero-order valence-electron chi connectivity index (χ0n) is 10.7. The van der Waals surface area contributed by atoms with Crippen molar-refractivity contribution in [2.24, 2.45) is 0 Å². The van der Waals surface area contributed by atoms with Gasteiger partial charge in [-0.25, -0.2) is 5.43 Å². The minimum absolute atomic E-state index is 0.264. The van der Waals surface area contributed by atoms with Crippen molar-refractivity contribution in [3.05, 3.63) is 66.2 Å². The summed E-state index contributed by atoms with van der Waals surface area (Å²) < 4.78 is 0. The van der Waals surface area contributed by atoms with E-state index in [1.54, 1.807) is 11.8 Å². The Labute approximate surface area is 122 Å². The summed E-state index contributed by atoms with van der Waals surface area (Å²) in [5.41, 5.74) is 8.03. The van der Waals surface area contributed by atoms with Crippen molar-refractivity contribution in [1.29, 1.82) is 0 Å². The van der Waals surface area contributed by atoms with Crippen LogP contribution in [0, 0.1) is 0 Å². The Bertz CT molecular complexity index is 640. The first-order valence-electron chi connectivity index (χ1n) is 6.38. The predicted molar refractivity (Wildman–Crippen MR) is 81.1 cm³/mol. The molecule has 3 rings (SSSR count). The number of rotatable bonds is 4. The number of aldehydes is 1. The van der Waals surface area contributed by atoms with Crippen molar-refractivity contribution < 1.29 is 4.79 Å². The molecular weight excluding hydrogens is 268 g/mol. The molecule has 1 heterocycles. The zero-order chi connectivity index (χ0) is 13.8. The molecule has 1 unspecified atom stereocenters. The van der Waals surface area contributed by atoms with E-state index in [0.29, 0.717) is 0 Å². The maximum absolute atomic E-state index is 10.8. The average Bonchev–Trinajstić information content (AvgIpc) is 2.98. The normalized spacial score (nSPS) is 17.4. The van der Waals surface area contributed by atoms with Crippen LogP contribution >= 0.6 is 11.8 Å². The van der Waals surface area contributed by atoms with E-state index in [9.17, 15) is 4.79 Å².